The van der Waals surface area contributed by atoms with E-state index in [4.69, 9.17) is 4.74 Å². The molecule has 1 atom stereocenters. The smallest absolute Gasteiger partial charge is 0.407 e. The number of carboxylic acid groups (broad SMARTS) is 1. The summed E-state index contributed by atoms with van der Waals surface area (Å²) < 4.78 is 5.54. The number of carbonyl (C=O) groups is 3. The van der Waals surface area contributed by atoms with Crippen LogP contribution in [0.25, 0.3) is 11.1 Å². The Bertz CT molecular complexity index is 1030. The molecule has 2 N–H and O–H groups in total. The highest BCUT2D eigenvalue weighted by molar-refractivity contribution is 5.88. The molecule has 0 saturated heterocycles. The van der Waals surface area contributed by atoms with E-state index in [9.17, 15) is 19.5 Å². The number of likely N-dealkylation sites (N-methyl/N-ethyl adjacent to an activating group) is 1. The average molecular weight is 465 g/mol. The van der Waals surface area contributed by atoms with E-state index in [1.165, 1.54) is 4.90 Å². The van der Waals surface area contributed by atoms with Gasteiger partial charge in [-0.3, -0.25) is 4.79 Å². The minimum absolute atomic E-state index is 0.0370. The van der Waals surface area contributed by atoms with Gasteiger partial charge in [0.2, 0.25) is 5.91 Å². The SMILES string of the molecule is CC(CNC(=O)OCC1c2ccccc2-c2ccccc21)C(=O)N(C)C1(C(=O)O)CCCCC1. The third kappa shape index (κ3) is 4.39. The van der Waals surface area contributed by atoms with Crippen molar-refractivity contribution >= 4 is 18.0 Å². The summed E-state index contributed by atoms with van der Waals surface area (Å²) in [4.78, 5) is 38.8. The molecule has 7 nitrogen and oxygen atoms in total. The van der Waals surface area contributed by atoms with Gasteiger partial charge in [0.05, 0.1) is 5.92 Å². The van der Waals surface area contributed by atoms with E-state index in [-0.39, 0.29) is 25.0 Å². The molecule has 2 amide bonds. The Balaban J connectivity index is 1.33. The van der Waals surface area contributed by atoms with Crippen LogP contribution in [0.5, 0.6) is 0 Å². The zero-order valence-corrected chi connectivity index (χ0v) is 19.8. The van der Waals surface area contributed by atoms with Crippen molar-refractivity contribution in [2.75, 3.05) is 20.2 Å². The minimum atomic E-state index is -1.16. The molecule has 2 aromatic carbocycles. The van der Waals surface area contributed by atoms with E-state index >= 15 is 0 Å². The highest BCUT2D eigenvalue weighted by Gasteiger charge is 2.46. The molecule has 4 rings (SSSR count). The number of nitrogens with one attached hydrogen (secondary N) is 1. The van der Waals surface area contributed by atoms with Gasteiger partial charge in [-0.25, -0.2) is 9.59 Å². The fourth-order valence-electron chi connectivity index (χ4n) is 5.34. The number of hydrogen-bond acceptors (Lipinski definition) is 4. The van der Waals surface area contributed by atoms with E-state index < -0.39 is 23.5 Å². The maximum Gasteiger partial charge on any atom is 0.407 e. The van der Waals surface area contributed by atoms with Crippen LogP contribution in [0, 0.1) is 5.92 Å². The van der Waals surface area contributed by atoms with Gasteiger partial charge in [-0.1, -0.05) is 74.7 Å². The Morgan fingerprint density at radius 3 is 2.15 bits per heavy atom. The van der Waals surface area contributed by atoms with Crippen molar-refractivity contribution in [1.29, 1.82) is 0 Å². The molecule has 1 saturated carbocycles. The first-order valence-electron chi connectivity index (χ1n) is 11.9. The number of aliphatic carboxylic acids is 1. The molecule has 0 bridgehead atoms. The molecule has 2 aliphatic carbocycles. The molecule has 34 heavy (non-hydrogen) atoms. The summed E-state index contributed by atoms with van der Waals surface area (Å²) in [7, 11) is 1.56. The molecule has 2 aromatic rings. The Hall–Kier alpha value is -3.35. The second-order valence-corrected chi connectivity index (χ2v) is 9.40. The Morgan fingerprint density at radius 2 is 1.59 bits per heavy atom. The van der Waals surface area contributed by atoms with E-state index in [1.54, 1.807) is 14.0 Å². The third-order valence-electron chi connectivity index (χ3n) is 7.37. The molecule has 1 fully saturated rings. The summed E-state index contributed by atoms with van der Waals surface area (Å²) in [6, 6.07) is 16.2. The lowest BCUT2D eigenvalue weighted by molar-refractivity contribution is -0.161. The van der Waals surface area contributed by atoms with Crippen LogP contribution in [0.4, 0.5) is 4.79 Å². The summed E-state index contributed by atoms with van der Waals surface area (Å²) in [5, 5.41) is 12.5. The zero-order chi connectivity index (χ0) is 24.3. The number of nitrogens with zero attached hydrogens (tertiary/aromatic N) is 1. The second-order valence-electron chi connectivity index (χ2n) is 9.40. The summed E-state index contributed by atoms with van der Waals surface area (Å²) in [5.74, 6) is -1.85. The van der Waals surface area contributed by atoms with Crippen LogP contribution in [0.3, 0.4) is 0 Å². The molecule has 0 heterocycles. The van der Waals surface area contributed by atoms with Crippen molar-refractivity contribution in [2.45, 2.75) is 50.5 Å². The molecular weight excluding hydrogens is 432 g/mol. The predicted molar refractivity (Wildman–Crippen MR) is 128 cm³/mol. The van der Waals surface area contributed by atoms with Gasteiger partial charge in [0, 0.05) is 19.5 Å². The lowest BCUT2D eigenvalue weighted by Crippen LogP contribution is -2.58. The molecular formula is C27H32N2O5. The highest BCUT2D eigenvalue weighted by Crippen LogP contribution is 2.44. The van der Waals surface area contributed by atoms with Crippen LogP contribution < -0.4 is 5.32 Å². The Morgan fingerprint density at radius 1 is 1.03 bits per heavy atom. The van der Waals surface area contributed by atoms with Crippen LogP contribution >= 0.6 is 0 Å². The minimum Gasteiger partial charge on any atom is -0.479 e. The van der Waals surface area contributed by atoms with Crippen molar-refractivity contribution in [3.8, 4) is 11.1 Å². The summed E-state index contributed by atoms with van der Waals surface area (Å²) >= 11 is 0. The number of ether oxygens (including phenoxy) is 1. The van der Waals surface area contributed by atoms with E-state index in [2.05, 4.69) is 29.6 Å². The van der Waals surface area contributed by atoms with Crippen LogP contribution in [-0.4, -0.2) is 53.7 Å². The summed E-state index contributed by atoms with van der Waals surface area (Å²) in [5.41, 5.74) is 3.42. The zero-order valence-electron chi connectivity index (χ0n) is 19.8. The maximum absolute atomic E-state index is 13.0. The van der Waals surface area contributed by atoms with Gasteiger partial charge in [-0.05, 0) is 35.1 Å². The highest BCUT2D eigenvalue weighted by atomic mass is 16.5. The van der Waals surface area contributed by atoms with Crippen LogP contribution in [0.15, 0.2) is 48.5 Å². The summed E-state index contributed by atoms with van der Waals surface area (Å²) in [6.07, 6.45) is 2.88. The molecule has 0 aliphatic heterocycles. The number of carboxylic acids is 1. The molecule has 2 aliphatic rings. The maximum atomic E-state index is 13.0. The number of amides is 2. The van der Waals surface area contributed by atoms with E-state index in [1.807, 2.05) is 24.3 Å². The van der Waals surface area contributed by atoms with Crippen molar-refractivity contribution < 1.29 is 24.2 Å². The lowest BCUT2D eigenvalue weighted by atomic mass is 9.80. The molecule has 0 radical (unpaired) electrons. The Kier molecular flexibility index (Phi) is 6.91. The monoisotopic (exact) mass is 464 g/mol. The predicted octanol–water partition coefficient (Wildman–Crippen LogP) is 4.41. The van der Waals surface area contributed by atoms with Gasteiger partial charge in [-0.2, -0.15) is 0 Å². The largest absolute Gasteiger partial charge is 0.479 e. The van der Waals surface area contributed by atoms with Crippen LogP contribution in [0.2, 0.25) is 0 Å². The molecule has 0 spiro atoms. The number of benzene rings is 2. The number of alkyl carbamates (subject to hydrolysis) is 1. The first-order chi connectivity index (χ1) is 16.3. The second kappa shape index (κ2) is 9.87. The van der Waals surface area contributed by atoms with E-state index in [0.29, 0.717) is 12.8 Å². The Labute approximate surface area is 200 Å². The van der Waals surface area contributed by atoms with Crippen LogP contribution in [0.1, 0.15) is 56.1 Å². The quantitative estimate of drug-likeness (QED) is 0.633. The van der Waals surface area contributed by atoms with Gasteiger partial charge in [0.15, 0.2) is 0 Å². The first kappa shape index (κ1) is 23.8. The third-order valence-corrected chi connectivity index (χ3v) is 7.37. The van der Waals surface area contributed by atoms with Gasteiger partial charge in [0.25, 0.3) is 0 Å². The fraction of sp³-hybridized carbons (Fsp3) is 0.444. The normalized spacial score (nSPS) is 17.2. The number of hydrogen-bond donors (Lipinski definition) is 2. The average Bonchev–Trinajstić information content (AvgIpc) is 3.19. The first-order valence-corrected chi connectivity index (χ1v) is 11.9. The van der Waals surface area contributed by atoms with Gasteiger partial charge in [0.1, 0.15) is 12.1 Å². The van der Waals surface area contributed by atoms with Gasteiger partial charge in [-0.15, -0.1) is 0 Å². The number of rotatable bonds is 7. The van der Waals surface area contributed by atoms with Crippen molar-refractivity contribution in [2.24, 2.45) is 5.92 Å². The van der Waals surface area contributed by atoms with Crippen molar-refractivity contribution in [3.05, 3.63) is 59.7 Å². The van der Waals surface area contributed by atoms with Gasteiger partial charge >= 0.3 is 12.1 Å². The molecule has 7 heteroatoms. The van der Waals surface area contributed by atoms with Crippen molar-refractivity contribution in [3.63, 3.8) is 0 Å². The fourth-order valence-corrected chi connectivity index (χ4v) is 5.34. The molecule has 1 unspecified atom stereocenters. The summed E-state index contributed by atoms with van der Waals surface area (Å²) in [6.45, 7) is 1.97. The lowest BCUT2D eigenvalue weighted by Gasteiger charge is -2.42. The molecule has 0 aromatic heterocycles. The number of fused-ring (bicyclic) bond motifs is 3. The topological polar surface area (TPSA) is 95.9 Å². The standard InChI is InChI=1S/C27H32N2O5/c1-18(24(30)29(2)27(25(31)32)14-8-3-9-15-27)16-28-26(33)34-17-23-21-12-6-4-10-19(21)20-11-5-7-13-22(20)23/h4-7,10-13,18,23H,3,8-9,14-17H2,1-2H3,(H,28,33)(H,31,32). The van der Waals surface area contributed by atoms with Gasteiger partial charge < -0.3 is 20.1 Å². The molecule has 180 valence electrons. The van der Waals surface area contributed by atoms with Crippen LogP contribution in [-0.2, 0) is 14.3 Å². The number of carbonyl (C=O) groups excluding carboxylic acids is 2. The van der Waals surface area contributed by atoms with E-state index in [0.717, 1.165) is 41.5 Å². The van der Waals surface area contributed by atoms with Crippen molar-refractivity contribution in [1.82, 2.24) is 10.2 Å².